The molecule has 0 saturated heterocycles. The fourth-order valence-electron chi connectivity index (χ4n) is 1.78. The number of aryl methyl sites for hydroxylation is 1. The number of aliphatic carboxylic acids is 1. The second-order valence-electron chi connectivity index (χ2n) is 4.67. The first-order chi connectivity index (χ1) is 10.0. The van der Waals surface area contributed by atoms with Crippen LogP contribution >= 0.6 is 0 Å². The first kappa shape index (κ1) is 14.8. The van der Waals surface area contributed by atoms with Gasteiger partial charge in [-0.1, -0.05) is 29.8 Å². The third-order valence-electron chi connectivity index (χ3n) is 2.84. The molecule has 0 heterocycles. The molecule has 2 aromatic carbocycles. The van der Waals surface area contributed by atoms with E-state index < -0.39 is 11.8 Å². The molecular formula is C17H15FO3. The monoisotopic (exact) mass is 286 g/mol. The number of carbonyl (C=O) groups is 1. The highest BCUT2D eigenvalue weighted by Crippen LogP contribution is 2.19. The first-order valence-corrected chi connectivity index (χ1v) is 6.43. The van der Waals surface area contributed by atoms with Crippen LogP contribution in [0.25, 0.3) is 6.08 Å². The Morgan fingerprint density at radius 3 is 2.62 bits per heavy atom. The number of carboxylic acid groups (broad SMARTS) is 1. The lowest BCUT2D eigenvalue weighted by atomic mass is 10.1. The fraction of sp³-hybridized carbons (Fsp3) is 0.118. The van der Waals surface area contributed by atoms with Gasteiger partial charge in [-0.05, 0) is 36.3 Å². The predicted octanol–water partition coefficient (Wildman–Crippen LogP) is 3.81. The van der Waals surface area contributed by atoms with Crippen molar-refractivity contribution in [1.82, 2.24) is 0 Å². The summed E-state index contributed by atoms with van der Waals surface area (Å²) in [7, 11) is 0. The van der Waals surface area contributed by atoms with Crippen molar-refractivity contribution in [3.05, 3.63) is 71.0 Å². The molecule has 0 radical (unpaired) electrons. The highest BCUT2D eigenvalue weighted by atomic mass is 19.1. The molecule has 0 aliphatic carbocycles. The molecule has 0 fully saturated rings. The van der Waals surface area contributed by atoms with Gasteiger partial charge in [-0.25, -0.2) is 9.18 Å². The molecule has 108 valence electrons. The van der Waals surface area contributed by atoms with Crippen molar-refractivity contribution in [3.63, 3.8) is 0 Å². The van der Waals surface area contributed by atoms with Crippen molar-refractivity contribution in [1.29, 1.82) is 0 Å². The zero-order valence-electron chi connectivity index (χ0n) is 11.5. The summed E-state index contributed by atoms with van der Waals surface area (Å²) in [5.74, 6) is -1.19. The average molecular weight is 286 g/mol. The molecule has 1 N–H and O–H groups in total. The number of carboxylic acids is 1. The molecule has 0 saturated carbocycles. The molecule has 0 atom stereocenters. The number of halogens is 1. The Labute approximate surface area is 122 Å². The van der Waals surface area contributed by atoms with E-state index in [4.69, 9.17) is 9.84 Å². The molecule has 0 bridgehead atoms. The summed E-state index contributed by atoms with van der Waals surface area (Å²) < 4.78 is 19.0. The van der Waals surface area contributed by atoms with Crippen molar-refractivity contribution in [2.75, 3.05) is 0 Å². The van der Waals surface area contributed by atoms with Crippen molar-refractivity contribution in [2.45, 2.75) is 13.5 Å². The predicted molar refractivity (Wildman–Crippen MR) is 78.6 cm³/mol. The van der Waals surface area contributed by atoms with Gasteiger partial charge in [0.25, 0.3) is 0 Å². The van der Waals surface area contributed by atoms with E-state index in [0.29, 0.717) is 17.9 Å². The molecule has 2 aromatic rings. The fourth-order valence-corrected chi connectivity index (χ4v) is 1.78. The highest BCUT2D eigenvalue weighted by Gasteiger charge is 2.02. The number of benzene rings is 2. The summed E-state index contributed by atoms with van der Waals surface area (Å²) in [4.78, 5) is 10.5. The molecule has 4 heteroatoms. The van der Waals surface area contributed by atoms with Crippen LogP contribution in [0.1, 0.15) is 16.7 Å². The maximum atomic E-state index is 13.5. The van der Waals surface area contributed by atoms with Gasteiger partial charge in [0, 0.05) is 12.1 Å². The van der Waals surface area contributed by atoms with E-state index in [1.807, 2.05) is 31.2 Å². The standard InChI is InChI=1S/C17H15FO3/c1-12-2-4-13(5-3-12)11-21-16-9-14(6-7-17(19)20)8-15(18)10-16/h2-10H,11H2,1H3,(H,19,20)/b7-6+. The SMILES string of the molecule is Cc1ccc(COc2cc(F)cc(/C=C/C(=O)O)c2)cc1. The Balaban J connectivity index is 2.09. The van der Waals surface area contributed by atoms with Crippen LogP contribution in [-0.2, 0) is 11.4 Å². The van der Waals surface area contributed by atoms with Gasteiger partial charge in [-0.2, -0.15) is 0 Å². The maximum absolute atomic E-state index is 13.5. The van der Waals surface area contributed by atoms with Crippen molar-refractivity contribution in [2.24, 2.45) is 0 Å². The Morgan fingerprint density at radius 1 is 1.24 bits per heavy atom. The molecule has 0 aliphatic heterocycles. The minimum atomic E-state index is -1.08. The zero-order valence-corrected chi connectivity index (χ0v) is 11.5. The minimum Gasteiger partial charge on any atom is -0.489 e. The van der Waals surface area contributed by atoms with E-state index in [2.05, 4.69) is 0 Å². The number of rotatable bonds is 5. The lowest BCUT2D eigenvalue weighted by Crippen LogP contribution is -1.96. The van der Waals surface area contributed by atoms with Crippen LogP contribution in [0.5, 0.6) is 5.75 Å². The Bertz CT molecular complexity index is 660. The van der Waals surface area contributed by atoms with Gasteiger partial charge in [0.05, 0.1) is 0 Å². The van der Waals surface area contributed by atoms with Crippen LogP contribution in [-0.4, -0.2) is 11.1 Å². The van der Waals surface area contributed by atoms with Crippen molar-refractivity contribution in [3.8, 4) is 5.75 Å². The molecular weight excluding hydrogens is 271 g/mol. The van der Waals surface area contributed by atoms with Crippen LogP contribution in [0, 0.1) is 12.7 Å². The van der Waals surface area contributed by atoms with E-state index in [0.717, 1.165) is 17.2 Å². The van der Waals surface area contributed by atoms with Crippen LogP contribution in [0.4, 0.5) is 4.39 Å². The molecule has 3 nitrogen and oxygen atoms in total. The van der Waals surface area contributed by atoms with E-state index >= 15 is 0 Å². The summed E-state index contributed by atoms with van der Waals surface area (Å²) in [6.45, 7) is 2.32. The van der Waals surface area contributed by atoms with Crippen LogP contribution < -0.4 is 4.74 Å². The molecule has 2 rings (SSSR count). The Kier molecular flexibility index (Phi) is 4.72. The molecule has 21 heavy (non-hydrogen) atoms. The summed E-state index contributed by atoms with van der Waals surface area (Å²) in [5, 5.41) is 8.58. The quantitative estimate of drug-likeness (QED) is 0.850. The van der Waals surface area contributed by atoms with E-state index in [9.17, 15) is 9.18 Å². The summed E-state index contributed by atoms with van der Waals surface area (Å²) in [6, 6.07) is 12.0. The summed E-state index contributed by atoms with van der Waals surface area (Å²) in [6.07, 6.45) is 2.28. The smallest absolute Gasteiger partial charge is 0.328 e. The van der Waals surface area contributed by atoms with E-state index in [-0.39, 0.29) is 0 Å². The maximum Gasteiger partial charge on any atom is 0.328 e. The van der Waals surface area contributed by atoms with Crippen molar-refractivity contribution < 1.29 is 19.0 Å². The van der Waals surface area contributed by atoms with Crippen LogP contribution in [0.15, 0.2) is 48.5 Å². The Morgan fingerprint density at radius 2 is 1.95 bits per heavy atom. The van der Waals surface area contributed by atoms with Gasteiger partial charge in [0.15, 0.2) is 0 Å². The molecule has 0 aromatic heterocycles. The van der Waals surface area contributed by atoms with Gasteiger partial charge in [-0.15, -0.1) is 0 Å². The van der Waals surface area contributed by atoms with Gasteiger partial charge in [0.1, 0.15) is 18.2 Å². The normalized spacial score (nSPS) is 10.8. The second-order valence-corrected chi connectivity index (χ2v) is 4.67. The summed E-state index contributed by atoms with van der Waals surface area (Å²) >= 11 is 0. The topological polar surface area (TPSA) is 46.5 Å². The van der Waals surface area contributed by atoms with Gasteiger partial charge >= 0.3 is 5.97 Å². The number of hydrogen-bond donors (Lipinski definition) is 1. The lowest BCUT2D eigenvalue weighted by molar-refractivity contribution is -0.131. The van der Waals surface area contributed by atoms with Gasteiger partial charge in [0.2, 0.25) is 0 Å². The second kappa shape index (κ2) is 6.70. The van der Waals surface area contributed by atoms with Crippen LogP contribution in [0.3, 0.4) is 0 Å². The zero-order chi connectivity index (χ0) is 15.2. The van der Waals surface area contributed by atoms with Gasteiger partial charge in [-0.3, -0.25) is 0 Å². The molecule has 0 spiro atoms. The van der Waals surface area contributed by atoms with Crippen LogP contribution in [0.2, 0.25) is 0 Å². The molecule has 0 unspecified atom stereocenters. The Hall–Kier alpha value is -2.62. The summed E-state index contributed by atoms with van der Waals surface area (Å²) in [5.41, 5.74) is 2.58. The number of ether oxygens (including phenoxy) is 1. The molecule has 0 amide bonds. The van der Waals surface area contributed by atoms with Crippen molar-refractivity contribution >= 4 is 12.0 Å². The van der Waals surface area contributed by atoms with Gasteiger partial charge < -0.3 is 9.84 Å². The van der Waals surface area contributed by atoms with E-state index in [1.165, 1.54) is 18.2 Å². The van der Waals surface area contributed by atoms with E-state index in [1.54, 1.807) is 6.07 Å². The highest BCUT2D eigenvalue weighted by molar-refractivity contribution is 5.85. The molecule has 0 aliphatic rings. The number of hydrogen-bond acceptors (Lipinski definition) is 2. The largest absolute Gasteiger partial charge is 0.489 e. The lowest BCUT2D eigenvalue weighted by Gasteiger charge is -2.08. The minimum absolute atomic E-state index is 0.325. The first-order valence-electron chi connectivity index (χ1n) is 6.43. The third-order valence-corrected chi connectivity index (χ3v) is 2.84. The third kappa shape index (κ3) is 4.76. The average Bonchev–Trinajstić information content (AvgIpc) is 2.44.